The van der Waals surface area contributed by atoms with E-state index in [-0.39, 0.29) is 5.92 Å². The number of benzene rings is 1. The maximum atomic E-state index is 9.01. The Morgan fingerprint density at radius 3 is 2.25 bits per heavy atom. The Labute approximate surface area is 97.1 Å². The van der Waals surface area contributed by atoms with Crippen molar-refractivity contribution in [1.82, 2.24) is 0 Å². The summed E-state index contributed by atoms with van der Waals surface area (Å²) in [4.78, 5) is 0. The molecule has 0 aromatic heterocycles. The van der Waals surface area contributed by atoms with E-state index in [0.717, 1.165) is 19.3 Å². The lowest BCUT2D eigenvalue weighted by Crippen LogP contribution is -2.15. The molecule has 1 aromatic carbocycles. The van der Waals surface area contributed by atoms with Crippen molar-refractivity contribution in [2.45, 2.75) is 44.9 Å². The Morgan fingerprint density at radius 2 is 1.56 bits per heavy atom. The van der Waals surface area contributed by atoms with Crippen molar-refractivity contribution in [3.8, 4) is 6.07 Å². The average Bonchev–Trinajstić information content (AvgIpc) is 2.35. The molecule has 0 saturated carbocycles. The molecule has 2 aliphatic carbocycles. The molecule has 1 aromatic rings. The highest BCUT2D eigenvalue weighted by molar-refractivity contribution is 5.41. The van der Waals surface area contributed by atoms with Crippen molar-refractivity contribution >= 4 is 0 Å². The highest BCUT2D eigenvalue weighted by Gasteiger charge is 2.20. The second-order valence-corrected chi connectivity index (χ2v) is 5.17. The van der Waals surface area contributed by atoms with Gasteiger partial charge in [0.1, 0.15) is 0 Å². The van der Waals surface area contributed by atoms with Crippen molar-refractivity contribution in [2.75, 3.05) is 0 Å². The molecule has 1 atom stereocenters. The Kier molecular flexibility index (Phi) is 2.44. The minimum atomic E-state index is 0.258. The molecule has 0 amide bonds. The number of hydrogen-bond acceptors (Lipinski definition) is 1. The van der Waals surface area contributed by atoms with Crippen LogP contribution in [0.3, 0.4) is 0 Å². The molecule has 82 valence electrons. The van der Waals surface area contributed by atoms with Crippen LogP contribution in [0.15, 0.2) is 12.1 Å². The minimum absolute atomic E-state index is 0.258. The van der Waals surface area contributed by atoms with E-state index in [4.69, 9.17) is 5.26 Å². The zero-order chi connectivity index (χ0) is 11.0. The van der Waals surface area contributed by atoms with Crippen molar-refractivity contribution in [3.63, 3.8) is 0 Å². The van der Waals surface area contributed by atoms with E-state index in [1.807, 2.05) is 0 Å². The standard InChI is InChI=1S/C15H17N/c16-10-11-5-6-14-8-12-3-1-2-4-13(12)9-15(14)7-11/h8-9,11H,1-7H2. The van der Waals surface area contributed by atoms with Crippen LogP contribution in [0.1, 0.15) is 41.5 Å². The molecule has 16 heavy (non-hydrogen) atoms. The molecule has 0 saturated heterocycles. The predicted octanol–water partition coefficient (Wildman–Crippen LogP) is 3.19. The van der Waals surface area contributed by atoms with E-state index in [1.54, 1.807) is 11.1 Å². The van der Waals surface area contributed by atoms with Crippen LogP contribution in [-0.4, -0.2) is 0 Å². The molecule has 1 heteroatoms. The maximum absolute atomic E-state index is 9.01. The zero-order valence-electron chi connectivity index (χ0n) is 9.63. The molecule has 1 nitrogen and oxygen atoms in total. The smallest absolute Gasteiger partial charge is 0.0659 e. The predicted molar refractivity (Wildman–Crippen MR) is 64.2 cm³/mol. The molecule has 0 radical (unpaired) electrons. The van der Waals surface area contributed by atoms with Crippen molar-refractivity contribution in [3.05, 3.63) is 34.4 Å². The van der Waals surface area contributed by atoms with Crippen LogP contribution >= 0.6 is 0 Å². The molecule has 0 N–H and O–H groups in total. The van der Waals surface area contributed by atoms with Crippen LogP contribution in [0, 0.1) is 17.2 Å². The van der Waals surface area contributed by atoms with Crippen molar-refractivity contribution in [1.29, 1.82) is 5.26 Å². The fourth-order valence-electron chi connectivity index (χ4n) is 3.12. The van der Waals surface area contributed by atoms with Gasteiger partial charge in [-0.25, -0.2) is 0 Å². The summed E-state index contributed by atoms with van der Waals surface area (Å²) in [6.45, 7) is 0. The summed E-state index contributed by atoms with van der Waals surface area (Å²) < 4.78 is 0. The number of aryl methyl sites for hydroxylation is 3. The molecule has 0 spiro atoms. The highest BCUT2D eigenvalue weighted by Crippen LogP contribution is 2.31. The topological polar surface area (TPSA) is 23.8 Å². The van der Waals surface area contributed by atoms with Gasteiger partial charge in [0.05, 0.1) is 12.0 Å². The van der Waals surface area contributed by atoms with E-state index in [9.17, 15) is 0 Å². The largest absolute Gasteiger partial charge is 0.198 e. The van der Waals surface area contributed by atoms with Gasteiger partial charge in [-0.1, -0.05) is 12.1 Å². The fraction of sp³-hybridized carbons (Fsp3) is 0.533. The number of hydrogen-bond donors (Lipinski definition) is 0. The average molecular weight is 211 g/mol. The van der Waals surface area contributed by atoms with Gasteiger partial charge in [-0.3, -0.25) is 0 Å². The Hall–Kier alpha value is -1.29. The van der Waals surface area contributed by atoms with Gasteiger partial charge < -0.3 is 0 Å². The normalized spacial score (nSPS) is 23.1. The molecule has 0 aliphatic heterocycles. The lowest BCUT2D eigenvalue weighted by molar-refractivity contribution is 0.561. The fourth-order valence-corrected chi connectivity index (χ4v) is 3.12. The summed E-state index contributed by atoms with van der Waals surface area (Å²) >= 11 is 0. The molecule has 3 rings (SSSR count). The van der Waals surface area contributed by atoms with Gasteiger partial charge in [-0.05, 0) is 67.2 Å². The second kappa shape index (κ2) is 3.94. The van der Waals surface area contributed by atoms with Crippen LogP contribution in [0.4, 0.5) is 0 Å². The van der Waals surface area contributed by atoms with E-state index in [1.165, 1.54) is 36.8 Å². The number of nitrogens with zero attached hydrogens (tertiary/aromatic N) is 1. The molecule has 1 unspecified atom stereocenters. The number of fused-ring (bicyclic) bond motifs is 2. The first-order valence-corrected chi connectivity index (χ1v) is 6.40. The summed E-state index contributed by atoms with van der Waals surface area (Å²) in [5.41, 5.74) is 6.12. The molecular weight excluding hydrogens is 194 g/mol. The van der Waals surface area contributed by atoms with E-state index in [0.29, 0.717) is 0 Å². The maximum Gasteiger partial charge on any atom is 0.0659 e. The van der Waals surface area contributed by atoms with Crippen LogP contribution in [0.5, 0.6) is 0 Å². The van der Waals surface area contributed by atoms with Crippen LogP contribution in [0.2, 0.25) is 0 Å². The van der Waals surface area contributed by atoms with E-state index >= 15 is 0 Å². The first-order valence-electron chi connectivity index (χ1n) is 6.40. The Balaban J connectivity index is 1.99. The van der Waals surface area contributed by atoms with Gasteiger partial charge in [0, 0.05) is 0 Å². The second-order valence-electron chi connectivity index (χ2n) is 5.17. The monoisotopic (exact) mass is 211 g/mol. The summed E-state index contributed by atoms with van der Waals surface area (Å²) in [5, 5.41) is 9.01. The van der Waals surface area contributed by atoms with Gasteiger partial charge in [0.2, 0.25) is 0 Å². The molecule has 0 bridgehead atoms. The lowest BCUT2D eigenvalue weighted by Gasteiger charge is -2.24. The lowest BCUT2D eigenvalue weighted by atomic mass is 9.80. The van der Waals surface area contributed by atoms with Gasteiger partial charge in [0.15, 0.2) is 0 Å². The zero-order valence-corrected chi connectivity index (χ0v) is 9.63. The first kappa shape index (κ1) is 9.90. The van der Waals surface area contributed by atoms with Crippen LogP contribution in [0.25, 0.3) is 0 Å². The third-order valence-electron chi connectivity index (χ3n) is 4.08. The highest BCUT2D eigenvalue weighted by atomic mass is 14.3. The Morgan fingerprint density at radius 1 is 0.938 bits per heavy atom. The SMILES string of the molecule is N#CC1CCc2cc3c(cc2C1)CCCC3. The molecule has 2 aliphatic rings. The van der Waals surface area contributed by atoms with Gasteiger partial charge in [0.25, 0.3) is 0 Å². The summed E-state index contributed by atoms with van der Waals surface area (Å²) in [6.07, 6.45) is 8.37. The quantitative estimate of drug-likeness (QED) is 0.646. The summed E-state index contributed by atoms with van der Waals surface area (Å²) in [5.74, 6) is 0.258. The van der Waals surface area contributed by atoms with E-state index in [2.05, 4.69) is 18.2 Å². The molecule has 0 fully saturated rings. The summed E-state index contributed by atoms with van der Waals surface area (Å²) in [7, 11) is 0. The third-order valence-corrected chi connectivity index (χ3v) is 4.08. The molecule has 0 heterocycles. The van der Waals surface area contributed by atoms with Crippen LogP contribution in [-0.2, 0) is 25.7 Å². The van der Waals surface area contributed by atoms with Crippen molar-refractivity contribution in [2.24, 2.45) is 5.92 Å². The minimum Gasteiger partial charge on any atom is -0.198 e. The van der Waals surface area contributed by atoms with Gasteiger partial charge in [-0.15, -0.1) is 0 Å². The molecular formula is C15H17N. The third kappa shape index (κ3) is 1.63. The number of rotatable bonds is 0. The Bertz CT molecular complexity index is 453. The van der Waals surface area contributed by atoms with Gasteiger partial charge in [-0.2, -0.15) is 5.26 Å². The van der Waals surface area contributed by atoms with Crippen LogP contribution < -0.4 is 0 Å². The van der Waals surface area contributed by atoms with Gasteiger partial charge >= 0.3 is 0 Å². The van der Waals surface area contributed by atoms with Crippen molar-refractivity contribution < 1.29 is 0 Å². The van der Waals surface area contributed by atoms with E-state index < -0.39 is 0 Å². The number of nitriles is 1. The summed E-state index contributed by atoms with van der Waals surface area (Å²) in [6, 6.07) is 7.25. The first-order chi connectivity index (χ1) is 7.86.